The second-order valence-corrected chi connectivity index (χ2v) is 10.6. The third-order valence-electron chi connectivity index (χ3n) is 4.94. The molecule has 24 heavy (non-hydrogen) atoms. The van der Waals surface area contributed by atoms with Crippen molar-refractivity contribution in [2.45, 2.75) is 58.9 Å². The summed E-state index contributed by atoms with van der Waals surface area (Å²) in [7, 11) is -2.83. The lowest BCUT2D eigenvalue weighted by Gasteiger charge is -2.36. The Bertz CT molecular complexity index is 581. The van der Waals surface area contributed by atoms with Crippen LogP contribution in [0.2, 0.25) is 0 Å². The van der Waals surface area contributed by atoms with Gasteiger partial charge in [-0.2, -0.15) is 0 Å². The highest BCUT2D eigenvalue weighted by Gasteiger charge is 2.30. The second-order valence-electron chi connectivity index (χ2n) is 8.37. The molecule has 138 valence electrons. The van der Waals surface area contributed by atoms with E-state index in [-0.39, 0.29) is 5.92 Å². The van der Waals surface area contributed by atoms with Crippen molar-refractivity contribution in [1.29, 1.82) is 0 Å². The Hall–Kier alpha value is -1.04. The summed E-state index contributed by atoms with van der Waals surface area (Å²) in [5.41, 5.74) is 1.39. The Labute approximate surface area is 147 Å². The first kappa shape index (κ1) is 19.3. The zero-order valence-electron chi connectivity index (χ0n) is 15.4. The van der Waals surface area contributed by atoms with Crippen LogP contribution < -0.4 is 10.6 Å². The van der Waals surface area contributed by atoms with E-state index in [0.29, 0.717) is 36.1 Å². The molecule has 2 atom stereocenters. The molecule has 2 fully saturated rings. The fraction of sp³-hybridized carbons (Fsp3) is 0.833. The lowest BCUT2D eigenvalue weighted by molar-refractivity contribution is 0.210. The molecule has 0 aromatic carbocycles. The first-order chi connectivity index (χ1) is 11.2. The first-order valence-electron chi connectivity index (χ1n) is 9.05. The number of rotatable bonds is 5. The number of nitrogens with zero attached hydrogens (tertiary/aromatic N) is 1. The second kappa shape index (κ2) is 7.89. The van der Waals surface area contributed by atoms with E-state index in [1.807, 2.05) is 6.92 Å². The van der Waals surface area contributed by atoms with E-state index in [1.54, 1.807) is 0 Å². The van der Waals surface area contributed by atoms with Crippen molar-refractivity contribution < 1.29 is 8.42 Å². The van der Waals surface area contributed by atoms with Crippen molar-refractivity contribution in [2.24, 2.45) is 16.3 Å². The van der Waals surface area contributed by atoms with Crippen molar-refractivity contribution in [3.63, 3.8) is 0 Å². The highest BCUT2D eigenvalue weighted by molar-refractivity contribution is 7.91. The molecule has 0 amide bonds. The summed E-state index contributed by atoms with van der Waals surface area (Å²) in [4.78, 5) is 4.61. The average Bonchev–Trinajstić information content (AvgIpc) is 2.80. The molecule has 1 aliphatic heterocycles. The van der Waals surface area contributed by atoms with Gasteiger partial charge in [-0.3, -0.25) is 0 Å². The summed E-state index contributed by atoms with van der Waals surface area (Å²) in [5.74, 6) is 1.60. The van der Waals surface area contributed by atoms with Crippen LogP contribution in [0.1, 0.15) is 52.9 Å². The number of guanidine groups is 1. The van der Waals surface area contributed by atoms with Gasteiger partial charge in [0.1, 0.15) is 0 Å². The smallest absolute Gasteiger partial charge is 0.191 e. The third kappa shape index (κ3) is 6.46. The van der Waals surface area contributed by atoms with Crippen LogP contribution >= 0.6 is 0 Å². The van der Waals surface area contributed by atoms with Crippen molar-refractivity contribution in [2.75, 3.05) is 24.6 Å². The van der Waals surface area contributed by atoms with Gasteiger partial charge in [0.15, 0.2) is 15.8 Å². The molecule has 2 rings (SSSR count). The number of sulfone groups is 1. The van der Waals surface area contributed by atoms with E-state index in [2.05, 4.69) is 36.1 Å². The van der Waals surface area contributed by atoms with Crippen LogP contribution in [0.5, 0.6) is 0 Å². The summed E-state index contributed by atoms with van der Waals surface area (Å²) in [6, 6.07) is 0.428. The van der Waals surface area contributed by atoms with Crippen LogP contribution in [0.3, 0.4) is 0 Å². The van der Waals surface area contributed by atoms with Crippen molar-refractivity contribution >= 4 is 15.8 Å². The van der Waals surface area contributed by atoms with Gasteiger partial charge in [-0.15, -0.1) is 0 Å². The Kier molecular flexibility index (Phi) is 6.34. The third-order valence-corrected chi connectivity index (χ3v) is 6.77. The Morgan fingerprint density at radius 2 is 2.08 bits per heavy atom. The van der Waals surface area contributed by atoms with E-state index in [1.165, 1.54) is 12.8 Å². The monoisotopic (exact) mass is 355 g/mol. The summed E-state index contributed by atoms with van der Waals surface area (Å²) < 4.78 is 23.2. The molecule has 6 heteroatoms. The average molecular weight is 356 g/mol. The van der Waals surface area contributed by atoms with Gasteiger partial charge < -0.3 is 10.6 Å². The van der Waals surface area contributed by atoms with Crippen LogP contribution in [-0.4, -0.2) is 45.0 Å². The van der Waals surface area contributed by atoms with Gasteiger partial charge in [0.25, 0.3) is 0 Å². The van der Waals surface area contributed by atoms with Gasteiger partial charge >= 0.3 is 0 Å². The predicted octanol–water partition coefficient (Wildman–Crippen LogP) is 2.50. The summed E-state index contributed by atoms with van der Waals surface area (Å²) in [6.07, 6.45) is 5.56. The van der Waals surface area contributed by atoms with Crippen molar-refractivity contribution in [1.82, 2.24) is 10.6 Å². The van der Waals surface area contributed by atoms with Crippen LogP contribution in [0, 0.1) is 11.3 Å². The minimum Gasteiger partial charge on any atom is -0.356 e. The van der Waals surface area contributed by atoms with Crippen LogP contribution in [0.25, 0.3) is 0 Å². The van der Waals surface area contributed by atoms with Gasteiger partial charge in [0.2, 0.25) is 0 Å². The van der Waals surface area contributed by atoms with E-state index in [0.717, 1.165) is 30.8 Å². The molecule has 0 radical (unpaired) electrons. The minimum atomic E-state index is -2.83. The topological polar surface area (TPSA) is 70.6 Å². The highest BCUT2D eigenvalue weighted by Crippen LogP contribution is 2.35. The van der Waals surface area contributed by atoms with Crippen LogP contribution in [0.4, 0.5) is 0 Å². The van der Waals surface area contributed by atoms with Gasteiger partial charge in [-0.25, -0.2) is 13.4 Å². The molecule has 1 heterocycles. The fourth-order valence-electron chi connectivity index (χ4n) is 3.66. The number of aliphatic imine (C=N–C) groups is 1. The Morgan fingerprint density at radius 3 is 2.67 bits per heavy atom. The lowest BCUT2D eigenvalue weighted by Crippen LogP contribution is -2.47. The Morgan fingerprint density at radius 1 is 1.33 bits per heavy atom. The van der Waals surface area contributed by atoms with E-state index >= 15 is 0 Å². The van der Waals surface area contributed by atoms with E-state index < -0.39 is 9.84 Å². The van der Waals surface area contributed by atoms with Gasteiger partial charge in [0, 0.05) is 12.6 Å². The minimum absolute atomic E-state index is 0.189. The zero-order valence-corrected chi connectivity index (χ0v) is 16.2. The molecular weight excluding hydrogens is 322 g/mol. The number of hydrogen-bond acceptors (Lipinski definition) is 3. The molecule has 1 saturated heterocycles. The number of nitrogens with one attached hydrogen (secondary N) is 2. The molecular formula is C18H33N3O2S. The zero-order chi connectivity index (χ0) is 17.8. The fourth-order valence-corrected chi connectivity index (χ4v) is 5.52. The molecule has 0 spiro atoms. The van der Waals surface area contributed by atoms with Crippen molar-refractivity contribution in [3.05, 3.63) is 12.2 Å². The molecule has 1 aliphatic carbocycles. The predicted molar refractivity (Wildman–Crippen MR) is 101 cm³/mol. The maximum absolute atomic E-state index is 11.6. The quantitative estimate of drug-likeness (QED) is 0.452. The van der Waals surface area contributed by atoms with Crippen LogP contribution in [-0.2, 0) is 9.84 Å². The maximum atomic E-state index is 11.6. The molecule has 2 N–H and O–H groups in total. The van der Waals surface area contributed by atoms with Gasteiger partial charge in [-0.1, -0.05) is 32.4 Å². The lowest BCUT2D eigenvalue weighted by atomic mass is 9.75. The molecule has 0 aromatic rings. The maximum Gasteiger partial charge on any atom is 0.191 e. The standard InChI is InChI=1S/C18H33N3O2S/c1-14(2)11-19-17(20-12-15-7-9-24(22,23)13-15)21-16-6-5-8-18(3,4)10-16/h15-16H,1,5-13H2,2-4H3,(H2,19,20,21). The summed E-state index contributed by atoms with van der Waals surface area (Å²) in [5, 5.41) is 6.92. The number of hydrogen-bond donors (Lipinski definition) is 2. The van der Waals surface area contributed by atoms with Crippen molar-refractivity contribution in [3.8, 4) is 0 Å². The summed E-state index contributed by atoms with van der Waals surface area (Å²) in [6.45, 7) is 11.8. The largest absolute Gasteiger partial charge is 0.356 e. The SMILES string of the molecule is C=C(C)CN=C(NCC1CCS(=O)(=O)C1)NC1CCCC(C)(C)C1. The molecule has 2 aliphatic rings. The van der Waals surface area contributed by atoms with E-state index in [4.69, 9.17) is 0 Å². The molecule has 0 aromatic heterocycles. The molecule has 1 saturated carbocycles. The normalized spacial score (nSPS) is 29.2. The van der Waals surface area contributed by atoms with Gasteiger partial charge in [0.05, 0.1) is 18.1 Å². The Balaban J connectivity index is 1.92. The first-order valence-corrected chi connectivity index (χ1v) is 10.9. The summed E-state index contributed by atoms with van der Waals surface area (Å²) >= 11 is 0. The van der Waals surface area contributed by atoms with Crippen LogP contribution in [0.15, 0.2) is 17.1 Å². The van der Waals surface area contributed by atoms with Gasteiger partial charge in [-0.05, 0) is 43.9 Å². The molecule has 0 bridgehead atoms. The molecule has 2 unspecified atom stereocenters. The highest BCUT2D eigenvalue weighted by atomic mass is 32.2. The molecule has 5 nitrogen and oxygen atoms in total. The van der Waals surface area contributed by atoms with E-state index in [9.17, 15) is 8.42 Å².